The molecule has 0 aromatic heterocycles. The average molecular weight is 242 g/mol. The van der Waals surface area contributed by atoms with Crippen LogP contribution in [0.2, 0.25) is 0 Å². The first-order valence-electron chi connectivity index (χ1n) is 6.20. The second-order valence-corrected chi connectivity index (χ2v) is 5.20. The molecule has 98 valence electrons. The van der Waals surface area contributed by atoms with Gasteiger partial charge in [-0.05, 0) is 32.1 Å². The van der Waals surface area contributed by atoms with E-state index in [9.17, 15) is 9.59 Å². The van der Waals surface area contributed by atoms with E-state index in [4.69, 9.17) is 5.11 Å². The van der Waals surface area contributed by atoms with Crippen molar-refractivity contribution in [3.63, 3.8) is 0 Å². The molecule has 0 radical (unpaired) electrons. The Morgan fingerprint density at radius 3 is 2.35 bits per heavy atom. The summed E-state index contributed by atoms with van der Waals surface area (Å²) in [7, 11) is 0. The minimum Gasteiger partial charge on any atom is -0.481 e. The van der Waals surface area contributed by atoms with Gasteiger partial charge in [-0.15, -0.1) is 0 Å². The van der Waals surface area contributed by atoms with Crippen molar-refractivity contribution < 1.29 is 14.7 Å². The molecule has 1 saturated carbocycles. The minimum absolute atomic E-state index is 0.00420. The molecule has 1 aliphatic rings. The van der Waals surface area contributed by atoms with Crippen LogP contribution in [0.1, 0.15) is 40.0 Å². The topological polar surface area (TPSA) is 78.4 Å². The summed E-state index contributed by atoms with van der Waals surface area (Å²) >= 11 is 0. The molecule has 1 rings (SSSR count). The summed E-state index contributed by atoms with van der Waals surface area (Å²) < 4.78 is 0. The molecule has 0 aliphatic heterocycles. The van der Waals surface area contributed by atoms with Crippen molar-refractivity contribution in [3.8, 4) is 0 Å². The Labute approximate surface area is 102 Å². The number of carboxylic acid groups (broad SMARTS) is 1. The van der Waals surface area contributed by atoms with E-state index in [1.165, 1.54) is 0 Å². The van der Waals surface area contributed by atoms with Crippen LogP contribution in [0.5, 0.6) is 0 Å². The fraction of sp³-hybridized carbons (Fsp3) is 0.833. The SMILES string of the molecule is CC(C)C(C)NC(=O)NC1CCC(C(=O)O)C1. The largest absolute Gasteiger partial charge is 0.481 e. The Morgan fingerprint density at radius 2 is 1.88 bits per heavy atom. The van der Waals surface area contributed by atoms with Crippen molar-refractivity contribution in [2.24, 2.45) is 11.8 Å². The minimum atomic E-state index is -0.759. The van der Waals surface area contributed by atoms with E-state index in [-0.39, 0.29) is 24.0 Å². The number of rotatable bonds is 4. The molecule has 17 heavy (non-hydrogen) atoms. The molecule has 3 unspecified atom stereocenters. The molecule has 0 saturated heterocycles. The monoisotopic (exact) mass is 242 g/mol. The number of carbonyl (C=O) groups is 2. The van der Waals surface area contributed by atoms with Crippen molar-refractivity contribution in [3.05, 3.63) is 0 Å². The lowest BCUT2D eigenvalue weighted by Gasteiger charge is -2.20. The molecule has 0 aromatic rings. The van der Waals surface area contributed by atoms with Crippen molar-refractivity contribution >= 4 is 12.0 Å². The van der Waals surface area contributed by atoms with Crippen LogP contribution >= 0.6 is 0 Å². The van der Waals surface area contributed by atoms with E-state index in [1.54, 1.807) is 0 Å². The van der Waals surface area contributed by atoms with Crippen LogP contribution in [-0.2, 0) is 4.79 Å². The summed E-state index contributed by atoms with van der Waals surface area (Å²) in [5.41, 5.74) is 0. The van der Waals surface area contributed by atoms with E-state index < -0.39 is 5.97 Å². The van der Waals surface area contributed by atoms with Crippen molar-refractivity contribution in [2.45, 2.75) is 52.1 Å². The Bertz CT molecular complexity index is 291. The number of hydrogen-bond acceptors (Lipinski definition) is 2. The van der Waals surface area contributed by atoms with E-state index in [0.717, 1.165) is 6.42 Å². The number of carboxylic acids is 1. The van der Waals surface area contributed by atoms with E-state index in [2.05, 4.69) is 10.6 Å². The molecule has 5 nitrogen and oxygen atoms in total. The van der Waals surface area contributed by atoms with Crippen molar-refractivity contribution in [1.29, 1.82) is 0 Å². The number of carbonyl (C=O) groups excluding carboxylic acids is 1. The quantitative estimate of drug-likeness (QED) is 0.700. The van der Waals surface area contributed by atoms with Crippen LogP contribution in [0.15, 0.2) is 0 Å². The first kappa shape index (κ1) is 13.8. The first-order chi connectivity index (χ1) is 7.90. The first-order valence-corrected chi connectivity index (χ1v) is 6.20. The Balaban J connectivity index is 2.31. The van der Waals surface area contributed by atoms with Crippen molar-refractivity contribution in [2.75, 3.05) is 0 Å². The molecule has 2 amide bonds. The van der Waals surface area contributed by atoms with Crippen LogP contribution in [-0.4, -0.2) is 29.2 Å². The molecule has 0 bridgehead atoms. The van der Waals surface area contributed by atoms with E-state index in [0.29, 0.717) is 18.8 Å². The Kier molecular flexibility index (Phi) is 4.78. The summed E-state index contributed by atoms with van der Waals surface area (Å²) in [5.74, 6) is -0.677. The molecule has 3 atom stereocenters. The highest BCUT2D eigenvalue weighted by Gasteiger charge is 2.30. The highest BCUT2D eigenvalue weighted by Crippen LogP contribution is 2.25. The standard InChI is InChI=1S/C12H22N2O3/c1-7(2)8(3)13-12(17)14-10-5-4-9(6-10)11(15)16/h7-10H,4-6H2,1-3H3,(H,15,16)(H2,13,14,17). The smallest absolute Gasteiger partial charge is 0.315 e. The van der Waals surface area contributed by atoms with Gasteiger partial charge in [-0.25, -0.2) is 4.79 Å². The lowest BCUT2D eigenvalue weighted by Crippen LogP contribution is -2.46. The van der Waals surface area contributed by atoms with Crippen LogP contribution in [0.3, 0.4) is 0 Å². The van der Waals surface area contributed by atoms with E-state index >= 15 is 0 Å². The van der Waals surface area contributed by atoms with Gasteiger partial charge in [-0.1, -0.05) is 13.8 Å². The highest BCUT2D eigenvalue weighted by atomic mass is 16.4. The van der Waals surface area contributed by atoms with Gasteiger partial charge in [0.2, 0.25) is 0 Å². The van der Waals surface area contributed by atoms with Crippen LogP contribution in [0.25, 0.3) is 0 Å². The Hall–Kier alpha value is -1.26. The van der Waals surface area contributed by atoms with E-state index in [1.807, 2.05) is 20.8 Å². The summed E-state index contributed by atoms with van der Waals surface area (Å²) in [6.07, 6.45) is 1.94. The third-order valence-corrected chi connectivity index (χ3v) is 3.48. The molecule has 3 N–H and O–H groups in total. The van der Waals surface area contributed by atoms with Gasteiger partial charge in [0, 0.05) is 12.1 Å². The van der Waals surface area contributed by atoms with Crippen molar-refractivity contribution in [1.82, 2.24) is 10.6 Å². The van der Waals surface area contributed by atoms with Gasteiger partial charge in [0.1, 0.15) is 0 Å². The predicted octanol–water partition coefficient (Wildman–Crippen LogP) is 1.58. The summed E-state index contributed by atoms with van der Waals surface area (Å²) in [6, 6.07) is -0.0793. The predicted molar refractivity (Wildman–Crippen MR) is 64.7 cm³/mol. The van der Waals surface area contributed by atoms with Crippen LogP contribution in [0, 0.1) is 11.8 Å². The number of hydrogen-bond donors (Lipinski definition) is 3. The fourth-order valence-corrected chi connectivity index (χ4v) is 1.94. The van der Waals surface area contributed by atoms with Gasteiger partial charge in [0.25, 0.3) is 0 Å². The molecule has 1 fully saturated rings. The zero-order valence-corrected chi connectivity index (χ0v) is 10.7. The maximum atomic E-state index is 11.6. The van der Waals surface area contributed by atoms with Gasteiger partial charge in [-0.3, -0.25) is 4.79 Å². The summed E-state index contributed by atoms with van der Waals surface area (Å²) in [6.45, 7) is 6.04. The zero-order chi connectivity index (χ0) is 13.0. The van der Waals surface area contributed by atoms with Gasteiger partial charge >= 0.3 is 12.0 Å². The second-order valence-electron chi connectivity index (χ2n) is 5.20. The Morgan fingerprint density at radius 1 is 1.24 bits per heavy atom. The molecular formula is C12H22N2O3. The highest BCUT2D eigenvalue weighted by molar-refractivity contribution is 5.75. The average Bonchev–Trinajstić information content (AvgIpc) is 2.65. The lowest BCUT2D eigenvalue weighted by molar-refractivity contribution is -0.141. The van der Waals surface area contributed by atoms with Crippen LogP contribution < -0.4 is 10.6 Å². The second kappa shape index (κ2) is 5.89. The van der Waals surface area contributed by atoms with Crippen LogP contribution in [0.4, 0.5) is 4.79 Å². The molecule has 1 aliphatic carbocycles. The zero-order valence-electron chi connectivity index (χ0n) is 10.7. The molecule has 5 heteroatoms. The number of amides is 2. The van der Waals surface area contributed by atoms with Gasteiger partial charge in [0.05, 0.1) is 5.92 Å². The number of urea groups is 1. The lowest BCUT2D eigenvalue weighted by atomic mass is 10.1. The molecular weight excluding hydrogens is 220 g/mol. The third-order valence-electron chi connectivity index (χ3n) is 3.48. The van der Waals surface area contributed by atoms with Gasteiger partial charge < -0.3 is 15.7 Å². The summed E-state index contributed by atoms with van der Waals surface area (Å²) in [4.78, 5) is 22.4. The van der Waals surface area contributed by atoms with Gasteiger partial charge in [0.15, 0.2) is 0 Å². The third kappa shape index (κ3) is 4.24. The fourth-order valence-electron chi connectivity index (χ4n) is 1.94. The number of nitrogens with one attached hydrogen (secondary N) is 2. The normalized spacial score (nSPS) is 25.6. The molecule has 0 spiro atoms. The van der Waals surface area contributed by atoms with Gasteiger partial charge in [-0.2, -0.15) is 0 Å². The maximum absolute atomic E-state index is 11.6. The number of aliphatic carboxylic acids is 1. The molecule has 0 heterocycles. The summed E-state index contributed by atoms with van der Waals surface area (Å²) in [5, 5.41) is 14.5. The maximum Gasteiger partial charge on any atom is 0.315 e. The molecule has 0 aromatic carbocycles.